The summed E-state index contributed by atoms with van der Waals surface area (Å²) < 4.78 is 8.10. The lowest BCUT2D eigenvalue weighted by Gasteiger charge is -2.13. The van der Waals surface area contributed by atoms with Gasteiger partial charge in [0, 0.05) is 17.8 Å². The molecule has 162 valence electrons. The Kier molecular flexibility index (Phi) is 6.92. The third kappa shape index (κ3) is 5.47. The summed E-state index contributed by atoms with van der Waals surface area (Å²) in [6.45, 7) is 4.79. The summed E-state index contributed by atoms with van der Waals surface area (Å²) >= 11 is 1.40. The van der Waals surface area contributed by atoms with Crippen molar-refractivity contribution in [2.75, 3.05) is 11.1 Å². The second-order valence-corrected chi connectivity index (χ2v) is 8.75. The number of carbonyl (C=O) groups excluding carboxylic acids is 1. The number of anilines is 1. The monoisotopic (exact) mass is 436 g/mol. The highest BCUT2D eigenvalue weighted by Crippen LogP contribution is 2.28. The molecule has 6 nitrogen and oxygen atoms in total. The fourth-order valence-electron chi connectivity index (χ4n) is 3.83. The zero-order valence-corrected chi connectivity index (χ0v) is 18.8. The lowest BCUT2D eigenvalue weighted by Crippen LogP contribution is -2.14. The molecule has 0 spiro atoms. The molecule has 0 aliphatic heterocycles. The van der Waals surface area contributed by atoms with Crippen LogP contribution < -0.4 is 10.1 Å². The second kappa shape index (κ2) is 10.0. The molecule has 1 N–H and O–H groups in total. The molecule has 1 heterocycles. The number of aryl methyl sites for hydroxylation is 1. The number of nitrogens with one attached hydrogen (secondary N) is 1. The van der Waals surface area contributed by atoms with Gasteiger partial charge in [0.2, 0.25) is 5.91 Å². The number of carbonyl (C=O) groups is 1. The van der Waals surface area contributed by atoms with Crippen molar-refractivity contribution in [3.05, 3.63) is 54.1 Å². The van der Waals surface area contributed by atoms with Crippen molar-refractivity contribution >= 4 is 23.4 Å². The molecular formula is C24H28N4O2S. The Bertz CT molecular complexity index is 1030. The van der Waals surface area contributed by atoms with E-state index in [1.807, 2.05) is 60.0 Å². The van der Waals surface area contributed by atoms with Crippen molar-refractivity contribution in [2.45, 2.75) is 57.3 Å². The van der Waals surface area contributed by atoms with E-state index in [9.17, 15) is 4.79 Å². The predicted molar refractivity (Wildman–Crippen MR) is 125 cm³/mol. The van der Waals surface area contributed by atoms with Crippen LogP contribution in [0.25, 0.3) is 11.4 Å². The number of hydrogen-bond donors (Lipinski definition) is 1. The molecule has 1 aliphatic rings. The Balaban J connectivity index is 1.39. The highest BCUT2D eigenvalue weighted by atomic mass is 32.2. The molecule has 1 amide bonds. The predicted octanol–water partition coefficient (Wildman–Crippen LogP) is 5.33. The summed E-state index contributed by atoms with van der Waals surface area (Å²) in [7, 11) is 0. The average molecular weight is 437 g/mol. The minimum Gasteiger partial charge on any atom is -0.490 e. The van der Waals surface area contributed by atoms with Gasteiger partial charge in [-0.05, 0) is 81.5 Å². The number of thioether (sulfide) groups is 1. The molecule has 0 bridgehead atoms. The first-order valence-electron chi connectivity index (χ1n) is 10.8. The van der Waals surface area contributed by atoms with E-state index in [0.29, 0.717) is 6.10 Å². The molecule has 0 saturated heterocycles. The highest BCUT2D eigenvalue weighted by molar-refractivity contribution is 7.99. The molecule has 0 atom stereocenters. The topological polar surface area (TPSA) is 69.0 Å². The zero-order chi connectivity index (χ0) is 21.6. The Morgan fingerprint density at radius 3 is 2.65 bits per heavy atom. The van der Waals surface area contributed by atoms with Crippen LogP contribution in [0.5, 0.6) is 5.75 Å². The van der Waals surface area contributed by atoms with Gasteiger partial charge in [-0.25, -0.2) is 0 Å². The van der Waals surface area contributed by atoms with Gasteiger partial charge in [-0.3, -0.25) is 4.79 Å². The van der Waals surface area contributed by atoms with Gasteiger partial charge in [0.05, 0.1) is 11.9 Å². The molecule has 1 fully saturated rings. The van der Waals surface area contributed by atoms with Gasteiger partial charge in [-0.15, -0.1) is 10.2 Å². The van der Waals surface area contributed by atoms with Gasteiger partial charge in [-0.1, -0.05) is 23.9 Å². The van der Waals surface area contributed by atoms with Crippen molar-refractivity contribution in [3.63, 3.8) is 0 Å². The first kappa shape index (κ1) is 21.4. The summed E-state index contributed by atoms with van der Waals surface area (Å²) in [5.74, 6) is 1.92. The van der Waals surface area contributed by atoms with E-state index in [0.717, 1.165) is 52.9 Å². The fraction of sp³-hybridized carbons (Fsp3) is 0.375. The number of benzene rings is 2. The van der Waals surface area contributed by atoms with Crippen molar-refractivity contribution in [1.29, 1.82) is 0 Å². The standard InChI is InChI=1S/C24H28N4O2S/c1-3-28-23(18-11-13-21(14-12-18)30-20-9-4-5-10-20)26-27-24(28)31-16-22(29)25-19-8-6-7-17(2)15-19/h6-8,11-15,20H,3-5,9-10,16H2,1-2H3,(H,25,29). The van der Waals surface area contributed by atoms with Crippen LogP contribution in [0.4, 0.5) is 5.69 Å². The zero-order valence-electron chi connectivity index (χ0n) is 18.0. The van der Waals surface area contributed by atoms with E-state index < -0.39 is 0 Å². The second-order valence-electron chi connectivity index (χ2n) is 7.81. The first-order chi connectivity index (χ1) is 15.1. The van der Waals surface area contributed by atoms with E-state index in [1.165, 1.54) is 24.6 Å². The largest absolute Gasteiger partial charge is 0.490 e. The molecule has 1 aliphatic carbocycles. The molecule has 3 aromatic rings. The molecule has 1 saturated carbocycles. The third-order valence-electron chi connectivity index (χ3n) is 5.38. The maximum absolute atomic E-state index is 12.3. The minimum absolute atomic E-state index is 0.0591. The van der Waals surface area contributed by atoms with Gasteiger partial charge < -0.3 is 14.6 Å². The van der Waals surface area contributed by atoms with Crippen LogP contribution in [-0.4, -0.2) is 32.5 Å². The fourth-order valence-corrected chi connectivity index (χ4v) is 4.63. The van der Waals surface area contributed by atoms with Crippen molar-refractivity contribution in [2.24, 2.45) is 0 Å². The number of rotatable bonds is 8. The van der Waals surface area contributed by atoms with Crippen LogP contribution in [0.15, 0.2) is 53.7 Å². The van der Waals surface area contributed by atoms with Crippen molar-refractivity contribution in [3.8, 4) is 17.1 Å². The van der Waals surface area contributed by atoms with E-state index in [-0.39, 0.29) is 11.7 Å². The molecule has 31 heavy (non-hydrogen) atoms. The number of aromatic nitrogens is 3. The normalized spacial score (nSPS) is 14.0. The van der Waals surface area contributed by atoms with Crippen LogP contribution in [0.2, 0.25) is 0 Å². The van der Waals surface area contributed by atoms with Crippen molar-refractivity contribution < 1.29 is 9.53 Å². The van der Waals surface area contributed by atoms with Gasteiger partial charge in [0.15, 0.2) is 11.0 Å². The van der Waals surface area contributed by atoms with E-state index in [1.54, 1.807) is 0 Å². The van der Waals surface area contributed by atoms with Crippen LogP contribution in [0, 0.1) is 6.92 Å². The third-order valence-corrected chi connectivity index (χ3v) is 6.35. The maximum Gasteiger partial charge on any atom is 0.234 e. The maximum atomic E-state index is 12.3. The number of amides is 1. The van der Waals surface area contributed by atoms with Crippen LogP contribution in [0.3, 0.4) is 0 Å². The average Bonchev–Trinajstić information content (AvgIpc) is 3.42. The summed E-state index contributed by atoms with van der Waals surface area (Å²) in [6, 6.07) is 15.8. The number of hydrogen-bond acceptors (Lipinski definition) is 5. The number of nitrogens with zero attached hydrogens (tertiary/aromatic N) is 3. The Morgan fingerprint density at radius 2 is 1.94 bits per heavy atom. The van der Waals surface area contributed by atoms with Crippen LogP contribution in [0.1, 0.15) is 38.2 Å². The summed E-state index contributed by atoms with van der Waals surface area (Å²) in [5.41, 5.74) is 2.91. The van der Waals surface area contributed by atoms with Crippen LogP contribution >= 0.6 is 11.8 Å². The van der Waals surface area contributed by atoms with Gasteiger partial charge in [0.1, 0.15) is 5.75 Å². The molecule has 2 aromatic carbocycles. The molecule has 7 heteroatoms. The quantitative estimate of drug-likeness (QED) is 0.484. The van der Waals surface area contributed by atoms with Crippen molar-refractivity contribution in [1.82, 2.24) is 14.8 Å². The lowest BCUT2D eigenvalue weighted by molar-refractivity contribution is -0.113. The van der Waals surface area contributed by atoms with Gasteiger partial charge in [0.25, 0.3) is 0 Å². The molecule has 4 rings (SSSR count). The number of ether oxygens (including phenoxy) is 1. The Hall–Kier alpha value is -2.80. The van der Waals surface area contributed by atoms with E-state index in [4.69, 9.17) is 4.74 Å². The van der Waals surface area contributed by atoms with E-state index >= 15 is 0 Å². The first-order valence-corrected chi connectivity index (χ1v) is 11.8. The summed E-state index contributed by atoms with van der Waals surface area (Å²) in [5, 5.41) is 12.4. The van der Waals surface area contributed by atoms with E-state index in [2.05, 4.69) is 22.4 Å². The minimum atomic E-state index is -0.0591. The smallest absolute Gasteiger partial charge is 0.234 e. The summed E-state index contributed by atoms with van der Waals surface area (Å²) in [6.07, 6.45) is 5.14. The Labute approximate surface area is 187 Å². The van der Waals surface area contributed by atoms with Gasteiger partial charge >= 0.3 is 0 Å². The molecular weight excluding hydrogens is 408 g/mol. The molecule has 0 unspecified atom stereocenters. The summed E-state index contributed by atoms with van der Waals surface area (Å²) in [4.78, 5) is 12.3. The molecule has 1 aromatic heterocycles. The van der Waals surface area contributed by atoms with Gasteiger partial charge in [-0.2, -0.15) is 0 Å². The lowest BCUT2D eigenvalue weighted by atomic mass is 10.2. The van der Waals surface area contributed by atoms with Crippen LogP contribution in [-0.2, 0) is 11.3 Å². The molecule has 0 radical (unpaired) electrons. The SMILES string of the molecule is CCn1c(SCC(=O)Nc2cccc(C)c2)nnc1-c1ccc(OC2CCCC2)cc1. The Morgan fingerprint density at radius 1 is 1.16 bits per heavy atom. The highest BCUT2D eigenvalue weighted by Gasteiger charge is 2.18.